The van der Waals surface area contributed by atoms with Crippen LogP contribution in [0.5, 0.6) is 0 Å². The Hall–Kier alpha value is -4.83. The van der Waals surface area contributed by atoms with Crippen LogP contribution in [0.1, 0.15) is 18.2 Å². The van der Waals surface area contributed by atoms with Crippen molar-refractivity contribution in [2.75, 3.05) is 0 Å². The maximum atomic E-state index is 6.63. The quantitative estimate of drug-likeness (QED) is 0.256. The van der Waals surface area contributed by atoms with Gasteiger partial charge in [-0.15, -0.1) is 0 Å². The molecule has 0 spiro atoms. The molecule has 1 aliphatic rings. The summed E-state index contributed by atoms with van der Waals surface area (Å²) in [5.41, 5.74) is 5.68. The van der Waals surface area contributed by atoms with Crippen LogP contribution < -0.4 is 0 Å². The summed E-state index contributed by atoms with van der Waals surface area (Å²) in [6, 6.07) is 32.9. The lowest BCUT2D eigenvalue weighted by Crippen LogP contribution is -2.07. The van der Waals surface area contributed by atoms with Crippen molar-refractivity contribution in [3.05, 3.63) is 127 Å². The molecule has 1 atom stereocenters. The third-order valence-corrected chi connectivity index (χ3v) is 6.85. The van der Waals surface area contributed by atoms with E-state index >= 15 is 0 Å². The van der Waals surface area contributed by atoms with Gasteiger partial charge in [0.2, 0.25) is 0 Å². The third kappa shape index (κ3) is 3.83. The molecule has 4 aromatic carbocycles. The van der Waals surface area contributed by atoms with Gasteiger partial charge in [-0.3, -0.25) is 0 Å². The van der Waals surface area contributed by atoms with Crippen LogP contribution in [0.25, 0.3) is 55.8 Å². The second-order valence-electron chi connectivity index (χ2n) is 9.19. The van der Waals surface area contributed by atoms with Gasteiger partial charge in [-0.05, 0) is 18.1 Å². The van der Waals surface area contributed by atoms with Crippen molar-refractivity contribution in [2.24, 2.45) is 0 Å². The van der Waals surface area contributed by atoms with Crippen molar-refractivity contribution in [1.29, 1.82) is 0 Å². The highest BCUT2D eigenvalue weighted by molar-refractivity contribution is 6.12. The number of fused-ring (bicyclic) bond motifs is 3. The van der Waals surface area contributed by atoms with Crippen molar-refractivity contribution >= 4 is 21.9 Å². The number of hydrogen-bond donors (Lipinski definition) is 0. The van der Waals surface area contributed by atoms with Gasteiger partial charge in [-0.1, -0.05) is 115 Å². The van der Waals surface area contributed by atoms with Crippen LogP contribution in [0.15, 0.2) is 126 Å². The number of aromatic nitrogens is 3. The Kier molecular flexibility index (Phi) is 5.21. The first kappa shape index (κ1) is 21.5. The minimum Gasteiger partial charge on any atom is -0.455 e. The average Bonchev–Trinajstić information content (AvgIpc) is 3.37. The molecule has 176 valence electrons. The van der Waals surface area contributed by atoms with Gasteiger partial charge in [-0.2, -0.15) is 0 Å². The van der Waals surface area contributed by atoms with E-state index in [1.807, 2.05) is 42.5 Å². The molecule has 1 unspecified atom stereocenters. The molecular weight excluding hydrogens is 454 g/mol. The molecule has 1 aliphatic carbocycles. The van der Waals surface area contributed by atoms with Gasteiger partial charge in [0.1, 0.15) is 17.0 Å². The summed E-state index contributed by atoms with van der Waals surface area (Å²) in [6.45, 7) is 0. The third-order valence-electron chi connectivity index (χ3n) is 6.85. The largest absolute Gasteiger partial charge is 0.455 e. The number of nitrogens with zero attached hydrogens (tertiary/aromatic N) is 3. The molecule has 4 nitrogen and oxygen atoms in total. The second-order valence-corrected chi connectivity index (χ2v) is 9.19. The maximum absolute atomic E-state index is 6.63. The van der Waals surface area contributed by atoms with E-state index in [0.717, 1.165) is 56.4 Å². The van der Waals surface area contributed by atoms with Crippen LogP contribution in [-0.2, 0) is 0 Å². The lowest BCUT2D eigenvalue weighted by atomic mass is 9.99. The van der Waals surface area contributed by atoms with Gasteiger partial charge in [-0.25, -0.2) is 15.0 Å². The highest BCUT2D eigenvalue weighted by Gasteiger charge is 2.20. The minimum absolute atomic E-state index is 0.105. The molecular formula is C33H23N3O. The van der Waals surface area contributed by atoms with Crippen LogP contribution in [0.3, 0.4) is 0 Å². The summed E-state index contributed by atoms with van der Waals surface area (Å²) in [7, 11) is 0. The molecule has 0 bridgehead atoms. The van der Waals surface area contributed by atoms with Gasteiger partial charge < -0.3 is 4.42 Å². The SMILES string of the molecule is C1=CCC(c2nc(-c3ccccc3)nc(-c3cccc4c3oc3c(-c5ccccc5)cccc34)n2)C=C1. The van der Waals surface area contributed by atoms with Gasteiger partial charge in [0.25, 0.3) is 0 Å². The van der Waals surface area contributed by atoms with Crippen molar-refractivity contribution in [3.8, 4) is 33.9 Å². The van der Waals surface area contributed by atoms with Crippen molar-refractivity contribution in [1.82, 2.24) is 15.0 Å². The van der Waals surface area contributed by atoms with Crippen LogP contribution in [0, 0.1) is 0 Å². The van der Waals surface area contributed by atoms with Crippen LogP contribution in [-0.4, -0.2) is 15.0 Å². The first-order valence-corrected chi connectivity index (χ1v) is 12.5. The Morgan fingerprint density at radius 2 is 1.22 bits per heavy atom. The summed E-state index contributed by atoms with van der Waals surface area (Å²) < 4.78 is 6.63. The number of allylic oxidation sites excluding steroid dienone is 4. The fourth-order valence-electron chi connectivity index (χ4n) is 5.01. The molecule has 0 aliphatic heterocycles. The monoisotopic (exact) mass is 477 g/mol. The zero-order chi connectivity index (χ0) is 24.6. The Morgan fingerprint density at radius 1 is 0.568 bits per heavy atom. The van der Waals surface area contributed by atoms with E-state index in [0.29, 0.717) is 11.6 Å². The first-order chi connectivity index (χ1) is 18.3. The first-order valence-electron chi connectivity index (χ1n) is 12.5. The molecule has 0 saturated carbocycles. The number of benzene rings is 4. The molecule has 4 heteroatoms. The van der Waals surface area contributed by atoms with Gasteiger partial charge >= 0.3 is 0 Å². The van der Waals surface area contributed by atoms with Crippen molar-refractivity contribution < 1.29 is 4.42 Å². The predicted molar refractivity (Wildman–Crippen MR) is 149 cm³/mol. The standard InChI is InChI=1S/C33H23N3O/c1-4-12-22(13-5-1)25-18-10-19-26-27-20-11-21-28(30(27)37-29(25)26)33-35-31(23-14-6-2-7-15-23)34-32(36-33)24-16-8-3-9-17-24/h1-16,18-21,24H,17H2. The van der Waals surface area contributed by atoms with Crippen molar-refractivity contribution in [3.63, 3.8) is 0 Å². The fraction of sp³-hybridized carbons (Fsp3) is 0.0606. The lowest BCUT2D eigenvalue weighted by molar-refractivity contribution is 0.670. The van der Waals surface area contributed by atoms with E-state index in [2.05, 4.69) is 78.9 Å². The average molecular weight is 478 g/mol. The molecule has 6 aromatic rings. The summed E-state index contributed by atoms with van der Waals surface area (Å²) in [5.74, 6) is 2.16. The normalized spacial score (nSPS) is 15.0. The molecule has 0 radical (unpaired) electrons. The molecule has 0 fully saturated rings. The Bertz CT molecular complexity index is 1800. The van der Waals surface area contributed by atoms with E-state index in [4.69, 9.17) is 19.4 Å². The van der Waals surface area contributed by atoms with E-state index < -0.39 is 0 Å². The van der Waals surface area contributed by atoms with Crippen LogP contribution >= 0.6 is 0 Å². The van der Waals surface area contributed by atoms with Crippen LogP contribution in [0.4, 0.5) is 0 Å². The molecule has 0 amide bonds. The molecule has 37 heavy (non-hydrogen) atoms. The molecule has 7 rings (SSSR count). The van der Waals surface area contributed by atoms with E-state index in [9.17, 15) is 0 Å². The van der Waals surface area contributed by atoms with Crippen LogP contribution in [0.2, 0.25) is 0 Å². The molecule has 2 heterocycles. The second kappa shape index (κ2) is 8.99. The van der Waals surface area contributed by atoms with E-state index in [1.165, 1.54) is 0 Å². The maximum Gasteiger partial charge on any atom is 0.167 e. The Labute approximate surface area is 214 Å². The Balaban J connectivity index is 1.46. The number of para-hydroxylation sites is 2. The highest BCUT2D eigenvalue weighted by atomic mass is 16.3. The summed E-state index contributed by atoms with van der Waals surface area (Å²) in [4.78, 5) is 14.8. The number of rotatable bonds is 4. The minimum atomic E-state index is 0.105. The Morgan fingerprint density at radius 3 is 1.92 bits per heavy atom. The van der Waals surface area contributed by atoms with Crippen molar-refractivity contribution in [2.45, 2.75) is 12.3 Å². The van der Waals surface area contributed by atoms with Gasteiger partial charge in [0, 0.05) is 27.8 Å². The van der Waals surface area contributed by atoms with Gasteiger partial charge in [0.05, 0.1) is 5.56 Å². The number of hydrogen-bond acceptors (Lipinski definition) is 4. The van der Waals surface area contributed by atoms with E-state index in [1.54, 1.807) is 0 Å². The molecule has 2 aromatic heterocycles. The topological polar surface area (TPSA) is 51.8 Å². The summed E-state index contributed by atoms with van der Waals surface area (Å²) >= 11 is 0. The fourth-order valence-corrected chi connectivity index (χ4v) is 5.01. The number of furan rings is 1. The van der Waals surface area contributed by atoms with Gasteiger partial charge in [0.15, 0.2) is 11.6 Å². The smallest absolute Gasteiger partial charge is 0.167 e. The summed E-state index contributed by atoms with van der Waals surface area (Å²) in [5, 5.41) is 2.13. The zero-order valence-electron chi connectivity index (χ0n) is 20.1. The highest BCUT2D eigenvalue weighted by Crippen LogP contribution is 2.39. The lowest BCUT2D eigenvalue weighted by Gasteiger charge is -2.14. The molecule has 0 saturated heterocycles. The van der Waals surface area contributed by atoms with E-state index in [-0.39, 0.29) is 5.92 Å². The predicted octanol–water partition coefficient (Wildman–Crippen LogP) is 8.37. The molecule has 0 N–H and O–H groups in total. The zero-order valence-corrected chi connectivity index (χ0v) is 20.1. The summed E-state index contributed by atoms with van der Waals surface area (Å²) in [6.07, 6.45) is 9.30.